The van der Waals surface area contributed by atoms with E-state index in [1.165, 1.54) is 16.5 Å². The molecule has 0 unspecified atom stereocenters. The summed E-state index contributed by atoms with van der Waals surface area (Å²) in [6.45, 7) is 5.75. The highest BCUT2D eigenvalue weighted by Gasteiger charge is 2.12. The maximum atomic E-state index is 9.72. The molecule has 0 amide bonds. The summed E-state index contributed by atoms with van der Waals surface area (Å²) >= 11 is 0. The monoisotopic (exact) mass is 229 g/mol. The highest BCUT2D eigenvalue weighted by atomic mass is 16.3. The van der Waals surface area contributed by atoms with E-state index in [-0.39, 0.29) is 0 Å². The van der Waals surface area contributed by atoms with Crippen molar-refractivity contribution in [2.75, 3.05) is 0 Å². The highest BCUT2D eigenvalue weighted by Crippen LogP contribution is 2.18. The molecule has 2 rings (SSSR count). The molecule has 2 nitrogen and oxygen atoms in total. The van der Waals surface area contributed by atoms with E-state index in [0.29, 0.717) is 0 Å². The van der Waals surface area contributed by atoms with Gasteiger partial charge in [0.15, 0.2) is 0 Å². The number of benzene rings is 1. The number of hydrogen-bond donors (Lipinski definition) is 1. The lowest BCUT2D eigenvalue weighted by atomic mass is 9.98. The second kappa shape index (κ2) is 4.46. The lowest BCUT2D eigenvalue weighted by molar-refractivity contribution is 0.0714. The van der Waals surface area contributed by atoms with Crippen molar-refractivity contribution in [3.63, 3.8) is 0 Å². The smallest absolute Gasteiger partial charge is 0.0702 e. The predicted octanol–water partition coefficient (Wildman–Crippen LogP) is 3.25. The highest BCUT2D eigenvalue weighted by molar-refractivity contribution is 5.79. The van der Waals surface area contributed by atoms with Gasteiger partial charge in [-0.2, -0.15) is 0 Å². The van der Waals surface area contributed by atoms with Crippen LogP contribution in [0, 0.1) is 6.92 Å². The number of pyridine rings is 1. The van der Waals surface area contributed by atoms with Crippen molar-refractivity contribution in [3.8, 4) is 0 Å². The van der Waals surface area contributed by atoms with Gasteiger partial charge in [-0.1, -0.05) is 6.07 Å². The summed E-state index contributed by atoms with van der Waals surface area (Å²) in [6.07, 6.45) is 3.56. The number of aliphatic hydroxyl groups is 1. The minimum Gasteiger partial charge on any atom is -0.390 e. The van der Waals surface area contributed by atoms with Gasteiger partial charge in [-0.05, 0) is 62.9 Å². The number of nitrogens with zero attached hydrogens (tertiary/aromatic N) is 1. The van der Waals surface area contributed by atoms with Crippen molar-refractivity contribution >= 4 is 10.9 Å². The third kappa shape index (κ3) is 3.27. The maximum Gasteiger partial charge on any atom is 0.0702 e. The van der Waals surface area contributed by atoms with Gasteiger partial charge in [0.2, 0.25) is 0 Å². The Morgan fingerprint density at radius 2 is 2.00 bits per heavy atom. The van der Waals surface area contributed by atoms with Crippen LogP contribution in [-0.4, -0.2) is 15.7 Å². The van der Waals surface area contributed by atoms with Crippen LogP contribution in [0.25, 0.3) is 10.9 Å². The Bertz CT molecular complexity index is 526. The maximum absolute atomic E-state index is 9.72. The normalized spacial score (nSPS) is 12.0. The van der Waals surface area contributed by atoms with Gasteiger partial charge in [0.1, 0.15) is 0 Å². The first-order valence-corrected chi connectivity index (χ1v) is 6.02. The molecule has 1 heterocycles. The molecule has 0 saturated carbocycles. The fourth-order valence-electron chi connectivity index (χ4n) is 1.90. The largest absolute Gasteiger partial charge is 0.390 e. The Balaban J connectivity index is 2.25. The first-order valence-electron chi connectivity index (χ1n) is 6.02. The van der Waals surface area contributed by atoms with E-state index in [9.17, 15) is 5.11 Å². The molecule has 0 aliphatic rings. The van der Waals surface area contributed by atoms with Crippen molar-refractivity contribution in [2.45, 2.75) is 39.2 Å². The molecule has 17 heavy (non-hydrogen) atoms. The second-order valence-corrected chi connectivity index (χ2v) is 5.35. The molecule has 0 spiro atoms. The van der Waals surface area contributed by atoms with Gasteiger partial charge in [0.05, 0.1) is 11.1 Å². The van der Waals surface area contributed by atoms with Gasteiger partial charge in [0.25, 0.3) is 0 Å². The number of aromatic nitrogens is 1. The molecule has 0 radical (unpaired) electrons. The van der Waals surface area contributed by atoms with Gasteiger partial charge in [-0.25, -0.2) is 0 Å². The SMILES string of the molecule is Cc1cnc2ccc(CCC(C)(C)O)cc2c1. The van der Waals surface area contributed by atoms with Crippen LogP contribution < -0.4 is 0 Å². The third-order valence-electron chi connectivity index (χ3n) is 2.91. The molecule has 1 aromatic heterocycles. The Labute approximate surface area is 102 Å². The zero-order valence-electron chi connectivity index (χ0n) is 10.7. The van der Waals surface area contributed by atoms with Crippen molar-refractivity contribution in [1.29, 1.82) is 0 Å². The van der Waals surface area contributed by atoms with Crippen LogP contribution >= 0.6 is 0 Å². The van der Waals surface area contributed by atoms with E-state index in [1.54, 1.807) is 0 Å². The molecule has 2 heteroatoms. The Kier molecular flexibility index (Phi) is 3.16. The lowest BCUT2D eigenvalue weighted by Gasteiger charge is -2.16. The topological polar surface area (TPSA) is 33.1 Å². The van der Waals surface area contributed by atoms with Crippen LogP contribution in [0.2, 0.25) is 0 Å². The molecule has 1 N–H and O–H groups in total. The summed E-state index contributed by atoms with van der Waals surface area (Å²) in [5, 5.41) is 10.9. The summed E-state index contributed by atoms with van der Waals surface area (Å²) < 4.78 is 0. The lowest BCUT2D eigenvalue weighted by Crippen LogP contribution is -2.19. The molecule has 0 fully saturated rings. The van der Waals surface area contributed by atoms with Crippen LogP contribution in [0.4, 0.5) is 0 Å². The predicted molar refractivity (Wildman–Crippen MR) is 71.1 cm³/mol. The fraction of sp³-hybridized carbons (Fsp3) is 0.400. The molecular weight excluding hydrogens is 210 g/mol. The zero-order chi connectivity index (χ0) is 12.5. The fourth-order valence-corrected chi connectivity index (χ4v) is 1.90. The van der Waals surface area contributed by atoms with Crippen LogP contribution in [0.3, 0.4) is 0 Å². The van der Waals surface area contributed by atoms with E-state index in [2.05, 4.69) is 36.2 Å². The molecule has 0 saturated heterocycles. The quantitative estimate of drug-likeness (QED) is 0.876. The van der Waals surface area contributed by atoms with E-state index < -0.39 is 5.60 Å². The Morgan fingerprint density at radius 3 is 2.71 bits per heavy atom. The van der Waals surface area contributed by atoms with E-state index in [4.69, 9.17) is 0 Å². The van der Waals surface area contributed by atoms with Crippen LogP contribution in [-0.2, 0) is 6.42 Å². The van der Waals surface area contributed by atoms with Gasteiger partial charge >= 0.3 is 0 Å². The van der Waals surface area contributed by atoms with Gasteiger partial charge in [-0.3, -0.25) is 4.98 Å². The van der Waals surface area contributed by atoms with Gasteiger partial charge in [0, 0.05) is 11.6 Å². The molecule has 90 valence electrons. The summed E-state index contributed by atoms with van der Waals surface area (Å²) in [5.74, 6) is 0. The standard InChI is InChI=1S/C15H19NO/c1-11-8-13-9-12(6-7-15(2,3)17)4-5-14(13)16-10-11/h4-5,8-10,17H,6-7H2,1-3H3. The number of hydrogen-bond acceptors (Lipinski definition) is 2. The van der Waals surface area contributed by atoms with E-state index in [1.807, 2.05) is 20.0 Å². The minimum atomic E-state index is -0.597. The van der Waals surface area contributed by atoms with Crippen LogP contribution in [0.15, 0.2) is 30.5 Å². The summed E-state index contributed by atoms with van der Waals surface area (Å²) in [6, 6.07) is 8.46. The first kappa shape index (κ1) is 12.1. The Hall–Kier alpha value is -1.41. The Morgan fingerprint density at radius 1 is 1.24 bits per heavy atom. The van der Waals surface area contributed by atoms with Crippen LogP contribution in [0.5, 0.6) is 0 Å². The molecule has 1 aromatic carbocycles. The van der Waals surface area contributed by atoms with Crippen LogP contribution in [0.1, 0.15) is 31.4 Å². The summed E-state index contributed by atoms with van der Waals surface area (Å²) in [7, 11) is 0. The molecule has 0 atom stereocenters. The minimum absolute atomic E-state index is 0.597. The van der Waals surface area contributed by atoms with E-state index in [0.717, 1.165) is 18.4 Å². The first-order chi connectivity index (χ1) is 7.94. The summed E-state index contributed by atoms with van der Waals surface area (Å²) in [4.78, 5) is 4.38. The average Bonchev–Trinajstić information content (AvgIpc) is 2.24. The molecule has 0 aliphatic heterocycles. The average molecular weight is 229 g/mol. The molecular formula is C15H19NO. The number of fused-ring (bicyclic) bond motifs is 1. The summed E-state index contributed by atoms with van der Waals surface area (Å²) in [5.41, 5.74) is 2.87. The zero-order valence-corrected chi connectivity index (χ0v) is 10.7. The number of aryl methyl sites for hydroxylation is 2. The van der Waals surface area contributed by atoms with Gasteiger partial charge in [-0.15, -0.1) is 0 Å². The van der Waals surface area contributed by atoms with Crippen molar-refractivity contribution in [3.05, 3.63) is 41.6 Å². The third-order valence-corrected chi connectivity index (χ3v) is 2.91. The van der Waals surface area contributed by atoms with E-state index >= 15 is 0 Å². The van der Waals surface area contributed by atoms with Crippen molar-refractivity contribution in [2.24, 2.45) is 0 Å². The molecule has 0 bridgehead atoms. The van der Waals surface area contributed by atoms with Crippen molar-refractivity contribution < 1.29 is 5.11 Å². The molecule has 2 aromatic rings. The van der Waals surface area contributed by atoms with Gasteiger partial charge < -0.3 is 5.11 Å². The molecule has 0 aliphatic carbocycles. The van der Waals surface area contributed by atoms with Crippen molar-refractivity contribution in [1.82, 2.24) is 4.98 Å². The second-order valence-electron chi connectivity index (χ2n) is 5.35. The number of rotatable bonds is 3.